The van der Waals surface area contributed by atoms with E-state index in [1.807, 2.05) is 6.92 Å². The Morgan fingerprint density at radius 1 is 1.38 bits per heavy atom. The Morgan fingerprint density at radius 3 is 2.81 bits per heavy atom. The van der Waals surface area contributed by atoms with E-state index >= 15 is 0 Å². The minimum Gasteiger partial charge on any atom is -0.492 e. The van der Waals surface area contributed by atoms with E-state index in [2.05, 4.69) is 4.90 Å². The van der Waals surface area contributed by atoms with E-state index < -0.39 is 0 Å². The molecule has 21 heavy (non-hydrogen) atoms. The lowest BCUT2D eigenvalue weighted by atomic mass is 10.1. The van der Waals surface area contributed by atoms with Gasteiger partial charge in [0.2, 0.25) is 0 Å². The highest BCUT2D eigenvalue weighted by molar-refractivity contribution is 6.32. The number of ether oxygens (including phenoxy) is 2. The summed E-state index contributed by atoms with van der Waals surface area (Å²) in [5, 5.41) is 0.501. The summed E-state index contributed by atoms with van der Waals surface area (Å²) >= 11 is 6.15. The number of carbonyl (C=O) groups excluding carboxylic acids is 1. The molecule has 0 saturated carbocycles. The molecule has 1 aliphatic rings. The van der Waals surface area contributed by atoms with Crippen LogP contribution in [0.25, 0.3) is 0 Å². The molecular weight excluding hydrogens is 290 g/mol. The maximum atomic E-state index is 12.2. The monoisotopic (exact) mass is 311 g/mol. The zero-order valence-corrected chi connectivity index (χ0v) is 13.2. The van der Waals surface area contributed by atoms with Gasteiger partial charge in [0.25, 0.3) is 0 Å². The summed E-state index contributed by atoms with van der Waals surface area (Å²) in [5.74, 6) is 0.758. The highest BCUT2D eigenvalue weighted by atomic mass is 35.5. The molecule has 116 valence electrons. The quantitative estimate of drug-likeness (QED) is 0.726. The Bertz CT molecular complexity index is 473. The van der Waals surface area contributed by atoms with E-state index in [1.165, 1.54) is 0 Å². The second-order valence-corrected chi connectivity index (χ2v) is 5.53. The Labute approximate surface area is 131 Å². The number of hydrogen-bond donors (Lipinski definition) is 0. The predicted molar refractivity (Wildman–Crippen MR) is 83.4 cm³/mol. The minimum absolute atomic E-state index is 0.116. The normalized spacial score (nSPS) is 15.9. The molecule has 0 N–H and O–H groups in total. The Kier molecular flexibility index (Phi) is 6.49. The molecule has 1 saturated heterocycles. The second-order valence-electron chi connectivity index (χ2n) is 5.12. The van der Waals surface area contributed by atoms with Gasteiger partial charge in [-0.2, -0.15) is 0 Å². The summed E-state index contributed by atoms with van der Waals surface area (Å²) in [7, 11) is 0. The van der Waals surface area contributed by atoms with Gasteiger partial charge in [0, 0.05) is 31.6 Å². The number of morpholine rings is 1. The molecule has 5 heteroatoms. The highest BCUT2D eigenvalue weighted by Crippen LogP contribution is 2.26. The fourth-order valence-corrected chi connectivity index (χ4v) is 2.47. The average Bonchev–Trinajstić information content (AvgIpc) is 2.52. The summed E-state index contributed by atoms with van der Waals surface area (Å²) in [5.41, 5.74) is 0.650. The first kappa shape index (κ1) is 16.3. The topological polar surface area (TPSA) is 38.8 Å². The SMILES string of the molecule is CCCOc1ccc(C(=O)CCN2CCOCC2)cc1Cl. The maximum Gasteiger partial charge on any atom is 0.164 e. The van der Waals surface area contributed by atoms with Gasteiger partial charge >= 0.3 is 0 Å². The number of rotatable bonds is 7. The van der Waals surface area contributed by atoms with Crippen LogP contribution >= 0.6 is 11.6 Å². The molecule has 0 radical (unpaired) electrons. The third-order valence-electron chi connectivity index (χ3n) is 3.47. The van der Waals surface area contributed by atoms with Gasteiger partial charge in [0.15, 0.2) is 5.78 Å². The van der Waals surface area contributed by atoms with Crippen LogP contribution in [-0.4, -0.2) is 50.1 Å². The third kappa shape index (κ3) is 4.99. The van der Waals surface area contributed by atoms with Gasteiger partial charge in [-0.25, -0.2) is 0 Å². The summed E-state index contributed by atoms with van der Waals surface area (Å²) < 4.78 is 10.8. The Morgan fingerprint density at radius 2 is 2.14 bits per heavy atom. The number of hydrogen-bond acceptors (Lipinski definition) is 4. The smallest absolute Gasteiger partial charge is 0.164 e. The number of benzene rings is 1. The Balaban J connectivity index is 1.88. The Hall–Kier alpha value is -1.10. The van der Waals surface area contributed by atoms with E-state index in [1.54, 1.807) is 18.2 Å². The summed E-state index contributed by atoms with van der Waals surface area (Å²) in [6.07, 6.45) is 1.43. The van der Waals surface area contributed by atoms with Gasteiger partial charge in [-0.3, -0.25) is 9.69 Å². The summed E-state index contributed by atoms with van der Waals surface area (Å²) in [4.78, 5) is 14.5. The van der Waals surface area contributed by atoms with E-state index in [0.717, 1.165) is 39.3 Å². The van der Waals surface area contributed by atoms with Crippen molar-refractivity contribution in [2.24, 2.45) is 0 Å². The van der Waals surface area contributed by atoms with Crippen LogP contribution in [-0.2, 0) is 4.74 Å². The first-order valence-corrected chi connectivity index (χ1v) is 7.84. The fourth-order valence-electron chi connectivity index (χ4n) is 2.23. The van der Waals surface area contributed by atoms with Crippen molar-refractivity contribution < 1.29 is 14.3 Å². The van der Waals surface area contributed by atoms with E-state index in [0.29, 0.717) is 29.4 Å². The summed E-state index contributed by atoms with van der Waals surface area (Å²) in [6, 6.07) is 5.27. The molecule has 1 aliphatic heterocycles. The fraction of sp³-hybridized carbons (Fsp3) is 0.562. The van der Waals surface area contributed by atoms with Crippen molar-refractivity contribution in [3.63, 3.8) is 0 Å². The van der Waals surface area contributed by atoms with Crippen LogP contribution in [0.5, 0.6) is 5.75 Å². The first-order chi connectivity index (χ1) is 10.2. The second kappa shape index (κ2) is 8.37. The van der Waals surface area contributed by atoms with Gasteiger partial charge < -0.3 is 9.47 Å². The van der Waals surface area contributed by atoms with Crippen molar-refractivity contribution in [3.8, 4) is 5.75 Å². The van der Waals surface area contributed by atoms with Crippen LogP contribution in [0.3, 0.4) is 0 Å². The minimum atomic E-state index is 0.116. The lowest BCUT2D eigenvalue weighted by Crippen LogP contribution is -2.37. The third-order valence-corrected chi connectivity index (χ3v) is 3.77. The largest absolute Gasteiger partial charge is 0.492 e. The maximum absolute atomic E-state index is 12.2. The van der Waals surface area contributed by atoms with Crippen LogP contribution in [0.2, 0.25) is 5.02 Å². The zero-order valence-electron chi connectivity index (χ0n) is 12.4. The van der Waals surface area contributed by atoms with Crippen LogP contribution in [0, 0.1) is 0 Å². The lowest BCUT2D eigenvalue weighted by Gasteiger charge is -2.26. The van der Waals surface area contributed by atoms with E-state index in [-0.39, 0.29) is 5.78 Å². The highest BCUT2D eigenvalue weighted by Gasteiger charge is 2.14. The zero-order chi connectivity index (χ0) is 15.1. The summed E-state index contributed by atoms with van der Waals surface area (Å²) in [6.45, 7) is 6.75. The van der Waals surface area contributed by atoms with Gasteiger partial charge in [-0.15, -0.1) is 0 Å². The number of halogens is 1. The molecule has 1 aromatic rings. The molecule has 0 amide bonds. The molecule has 1 fully saturated rings. The number of nitrogens with zero attached hydrogens (tertiary/aromatic N) is 1. The molecule has 1 heterocycles. The van der Waals surface area contributed by atoms with Gasteiger partial charge in [0.1, 0.15) is 5.75 Å². The van der Waals surface area contributed by atoms with Crippen molar-refractivity contribution in [2.45, 2.75) is 19.8 Å². The van der Waals surface area contributed by atoms with Crippen molar-refractivity contribution in [2.75, 3.05) is 39.5 Å². The lowest BCUT2D eigenvalue weighted by molar-refractivity contribution is 0.0370. The average molecular weight is 312 g/mol. The number of ketones is 1. The molecule has 0 bridgehead atoms. The molecule has 0 aliphatic carbocycles. The van der Waals surface area contributed by atoms with E-state index in [4.69, 9.17) is 21.1 Å². The van der Waals surface area contributed by atoms with Crippen LogP contribution in [0.1, 0.15) is 30.1 Å². The first-order valence-electron chi connectivity index (χ1n) is 7.46. The van der Waals surface area contributed by atoms with Crippen molar-refractivity contribution in [1.82, 2.24) is 4.90 Å². The van der Waals surface area contributed by atoms with Crippen LogP contribution in [0.4, 0.5) is 0 Å². The van der Waals surface area contributed by atoms with Gasteiger partial charge in [-0.05, 0) is 24.6 Å². The van der Waals surface area contributed by atoms with Crippen LogP contribution in [0.15, 0.2) is 18.2 Å². The van der Waals surface area contributed by atoms with E-state index in [9.17, 15) is 4.79 Å². The van der Waals surface area contributed by atoms with Crippen molar-refractivity contribution >= 4 is 17.4 Å². The number of Topliss-reactive ketones (excluding diaryl/α,β-unsaturated/α-hetero) is 1. The molecule has 0 aromatic heterocycles. The molecule has 0 unspecified atom stereocenters. The van der Waals surface area contributed by atoms with Crippen LogP contribution < -0.4 is 4.74 Å². The molecule has 0 atom stereocenters. The van der Waals surface area contributed by atoms with Crippen molar-refractivity contribution in [3.05, 3.63) is 28.8 Å². The standard InChI is InChI=1S/C16H22ClNO3/c1-2-9-21-16-4-3-13(12-14(16)17)15(19)5-6-18-7-10-20-11-8-18/h3-4,12H,2,5-11H2,1H3. The molecule has 2 rings (SSSR count). The molecule has 1 aromatic carbocycles. The predicted octanol–water partition coefficient (Wildman–Crippen LogP) is 3.03. The van der Waals surface area contributed by atoms with Gasteiger partial charge in [0.05, 0.1) is 24.8 Å². The molecule has 0 spiro atoms. The number of carbonyl (C=O) groups is 1. The molecule has 4 nitrogen and oxygen atoms in total. The van der Waals surface area contributed by atoms with Gasteiger partial charge in [-0.1, -0.05) is 18.5 Å². The molecular formula is C16H22ClNO3. The van der Waals surface area contributed by atoms with Crippen molar-refractivity contribution in [1.29, 1.82) is 0 Å².